The molecule has 0 aromatic carbocycles. The van der Waals surface area contributed by atoms with Crippen LogP contribution in [0.2, 0.25) is 0 Å². The van der Waals surface area contributed by atoms with Gasteiger partial charge in [-0.3, -0.25) is 19.4 Å². The van der Waals surface area contributed by atoms with Crippen LogP contribution in [0.1, 0.15) is 67.8 Å². The van der Waals surface area contributed by atoms with Crippen LogP contribution in [0.5, 0.6) is 0 Å². The van der Waals surface area contributed by atoms with Crippen LogP contribution in [-0.2, 0) is 9.59 Å². The number of piperazine rings is 1. The molecule has 1 N–H and O–H groups in total. The first-order chi connectivity index (χ1) is 16.0. The van der Waals surface area contributed by atoms with E-state index in [-0.39, 0.29) is 11.8 Å². The Balaban J connectivity index is 1.31. The zero-order valence-corrected chi connectivity index (χ0v) is 20.2. The molecule has 0 spiro atoms. The van der Waals surface area contributed by atoms with Gasteiger partial charge in [-0.25, -0.2) is 0 Å². The zero-order valence-electron chi connectivity index (χ0n) is 20.2. The molecule has 8 nitrogen and oxygen atoms in total. The SMILES string of the molecule is Cc1c(C#N)c(NC(=O)CN2CCN(CC(=O)N3CCCCC3)CC2)n(C2CCCC2)c1C. The second-order valence-electron chi connectivity index (χ2n) is 9.90. The quantitative estimate of drug-likeness (QED) is 0.714. The molecule has 1 aromatic heterocycles. The second kappa shape index (κ2) is 10.7. The number of carbonyl (C=O) groups is 2. The molecule has 2 saturated heterocycles. The highest BCUT2D eigenvalue weighted by atomic mass is 16.2. The highest BCUT2D eigenvalue weighted by Gasteiger charge is 2.28. The lowest BCUT2D eigenvalue weighted by Gasteiger charge is -2.35. The first kappa shape index (κ1) is 23.8. The molecular formula is C25H38N6O2. The summed E-state index contributed by atoms with van der Waals surface area (Å²) in [6.45, 7) is 9.75. The molecule has 1 aliphatic carbocycles. The monoisotopic (exact) mass is 454 g/mol. The molecule has 0 atom stereocenters. The summed E-state index contributed by atoms with van der Waals surface area (Å²) in [4.78, 5) is 31.8. The third kappa shape index (κ3) is 5.42. The van der Waals surface area contributed by atoms with Crippen molar-refractivity contribution >= 4 is 17.6 Å². The summed E-state index contributed by atoms with van der Waals surface area (Å²) in [7, 11) is 0. The molecular weight excluding hydrogens is 416 g/mol. The zero-order chi connectivity index (χ0) is 23.4. The summed E-state index contributed by atoms with van der Waals surface area (Å²) in [5.74, 6) is 0.847. The van der Waals surface area contributed by atoms with Crippen LogP contribution < -0.4 is 5.32 Å². The molecule has 1 aromatic rings. The van der Waals surface area contributed by atoms with Crippen LogP contribution in [0.4, 0.5) is 5.82 Å². The van der Waals surface area contributed by atoms with E-state index < -0.39 is 0 Å². The van der Waals surface area contributed by atoms with E-state index in [1.54, 1.807) is 0 Å². The third-order valence-corrected chi connectivity index (χ3v) is 7.72. The molecule has 3 fully saturated rings. The normalized spacial score (nSPS) is 20.7. The number of hydrogen-bond acceptors (Lipinski definition) is 5. The lowest BCUT2D eigenvalue weighted by atomic mass is 10.1. The van der Waals surface area contributed by atoms with Crippen molar-refractivity contribution < 1.29 is 9.59 Å². The Labute approximate surface area is 197 Å². The van der Waals surface area contributed by atoms with Gasteiger partial charge in [-0.2, -0.15) is 5.26 Å². The summed E-state index contributed by atoms with van der Waals surface area (Å²) < 4.78 is 2.20. The van der Waals surface area contributed by atoms with Crippen molar-refractivity contribution in [1.82, 2.24) is 19.3 Å². The number of rotatable bonds is 6. The Bertz CT molecular complexity index is 897. The third-order valence-electron chi connectivity index (χ3n) is 7.72. The standard InChI is InChI=1S/C25H38N6O2/c1-19-20(2)31(21-8-4-5-9-21)25(22(19)16-26)27-23(32)17-28-12-14-29(15-13-28)18-24(33)30-10-6-3-7-11-30/h21H,3-15,17-18H2,1-2H3,(H,27,32). The van der Waals surface area contributed by atoms with Crippen LogP contribution in [-0.4, -0.2) is 83.4 Å². The Hall–Kier alpha value is -2.37. The molecule has 0 radical (unpaired) electrons. The number of likely N-dealkylation sites (tertiary alicyclic amines) is 1. The van der Waals surface area contributed by atoms with Gasteiger partial charge in [-0.05, 0) is 51.5 Å². The van der Waals surface area contributed by atoms with E-state index in [4.69, 9.17) is 0 Å². The van der Waals surface area contributed by atoms with Crippen molar-refractivity contribution in [2.45, 2.75) is 64.8 Å². The average Bonchev–Trinajstić information content (AvgIpc) is 3.42. The fourth-order valence-electron chi connectivity index (χ4n) is 5.62. The average molecular weight is 455 g/mol. The van der Waals surface area contributed by atoms with Crippen LogP contribution in [0.15, 0.2) is 0 Å². The Kier molecular flexibility index (Phi) is 7.71. The van der Waals surface area contributed by atoms with Crippen molar-refractivity contribution in [3.05, 3.63) is 16.8 Å². The van der Waals surface area contributed by atoms with Gasteiger partial charge in [0.2, 0.25) is 11.8 Å². The molecule has 2 aliphatic heterocycles. The van der Waals surface area contributed by atoms with Gasteiger partial charge in [-0.15, -0.1) is 0 Å². The number of nitrogens with zero attached hydrogens (tertiary/aromatic N) is 5. The molecule has 2 amide bonds. The lowest BCUT2D eigenvalue weighted by Crippen LogP contribution is -2.51. The maximum absolute atomic E-state index is 13.0. The van der Waals surface area contributed by atoms with Crippen LogP contribution >= 0.6 is 0 Å². The number of aromatic nitrogens is 1. The molecule has 4 rings (SSSR count). The predicted molar refractivity (Wildman–Crippen MR) is 128 cm³/mol. The summed E-state index contributed by atoms with van der Waals surface area (Å²) in [6, 6.07) is 2.68. The van der Waals surface area contributed by atoms with E-state index in [9.17, 15) is 14.9 Å². The molecule has 180 valence electrons. The van der Waals surface area contributed by atoms with Gasteiger partial charge in [0.05, 0.1) is 18.7 Å². The maximum Gasteiger partial charge on any atom is 0.239 e. The van der Waals surface area contributed by atoms with E-state index in [0.717, 1.165) is 76.2 Å². The summed E-state index contributed by atoms with van der Waals surface area (Å²) >= 11 is 0. The van der Waals surface area contributed by atoms with E-state index in [1.165, 1.54) is 19.3 Å². The molecule has 0 unspecified atom stereocenters. The van der Waals surface area contributed by atoms with Gasteiger partial charge in [0, 0.05) is 51.0 Å². The van der Waals surface area contributed by atoms with Crippen LogP contribution in [0.25, 0.3) is 0 Å². The first-order valence-corrected chi connectivity index (χ1v) is 12.6. The van der Waals surface area contributed by atoms with E-state index in [1.807, 2.05) is 11.8 Å². The number of piperidine rings is 1. The van der Waals surface area contributed by atoms with Crippen molar-refractivity contribution in [2.75, 3.05) is 57.7 Å². The number of anilines is 1. The van der Waals surface area contributed by atoms with Crippen molar-refractivity contribution in [2.24, 2.45) is 0 Å². The number of nitriles is 1. The summed E-state index contributed by atoms with van der Waals surface area (Å²) in [5, 5.41) is 12.8. The number of hydrogen-bond donors (Lipinski definition) is 1. The van der Waals surface area contributed by atoms with E-state index >= 15 is 0 Å². The van der Waals surface area contributed by atoms with E-state index in [2.05, 4.69) is 32.7 Å². The maximum atomic E-state index is 13.0. The summed E-state index contributed by atoms with van der Waals surface area (Å²) in [5.41, 5.74) is 2.64. The fourth-order valence-corrected chi connectivity index (χ4v) is 5.62. The molecule has 0 bridgehead atoms. The van der Waals surface area contributed by atoms with Gasteiger partial charge in [0.1, 0.15) is 11.9 Å². The number of amides is 2. The summed E-state index contributed by atoms with van der Waals surface area (Å²) in [6.07, 6.45) is 8.05. The Morgan fingerprint density at radius 1 is 0.909 bits per heavy atom. The predicted octanol–water partition coefficient (Wildman–Crippen LogP) is 2.66. The molecule has 1 saturated carbocycles. The Morgan fingerprint density at radius 2 is 1.52 bits per heavy atom. The van der Waals surface area contributed by atoms with Crippen molar-refractivity contribution in [3.63, 3.8) is 0 Å². The van der Waals surface area contributed by atoms with E-state index in [0.29, 0.717) is 30.5 Å². The van der Waals surface area contributed by atoms with Gasteiger partial charge in [0.25, 0.3) is 0 Å². The number of nitrogens with one attached hydrogen (secondary N) is 1. The first-order valence-electron chi connectivity index (χ1n) is 12.6. The van der Waals surface area contributed by atoms with Gasteiger partial charge in [-0.1, -0.05) is 12.8 Å². The fraction of sp³-hybridized carbons (Fsp3) is 0.720. The molecule has 3 aliphatic rings. The second-order valence-corrected chi connectivity index (χ2v) is 9.90. The number of carbonyl (C=O) groups excluding carboxylic acids is 2. The van der Waals surface area contributed by atoms with Crippen molar-refractivity contribution in [3.8, 4) is 6.07 Å². The van der Waals surface area contributed by atoms with Crippen molar-refractivity contribution in [1.29, 1.82) is 5.26 Å². The highest BCUT2D eigenvalue weighted by molar-refractivity contribution is 5.93. The largest absolute Gasteiger partial charge is 0.342 e. The van der Waals surface area contributed by atoms with Gasteiger partial charge >= 0.3 is 0 Å². The molecule has 3 heterocycles. The van der Waals surface area contributed by atoms with Gasteiger partial charge in [0.15, 0.2) is 0 Å². The van der Waals surface area contributed by atoms with Crippen LogP contribution in [0.3, 0.4) is 0 Å². The van der Waals surface area contributed by atoms with Crippen LogP contribution in [0, 0.1) is 25.2 Å². The van der Waals surface area contributed by atoms with Gasteiger partial charge < -0.3 is 14.8 Å². The Morgan fingerprint density at radius 3 is 2.12 bits per heavy atom. The minimum atomic E-state index is -0.0684. The lowest BCUT2D eigenvalue weighted by molar-refractivity contribution is -0.134. The minimum absolute atomic E-state index is 0.0684. The molecule has 33 heavy (non-hydrogen) atoms. The topological polar surface area (TPSA) is 84.6 Å². The molecule has 8 heteroatoms. The highest BCUT2D eigenvalue weighted by Crippen LogP contribution is 2.37. The smallest absolute Gasteiger partial charge is 0.239 e. The minimum Gasteiger partial charge on any atom is -0.342 e.